The Kier molecular flexibility index (Phi) is 3.24. The van der Waals surface area contributed by atoms with Crippen molar-refractivity contribution in [2.75, 3.05) is 18.9 Å². The minimum absolute atomic E-state index is 0.0814. The fraction of sp³-hybridized carbons (Fsp3) is 0.545. The maximum Gasteiger partial charge on any atom is 0.419 e. The van der Waals surface area contributed by atoms with Crippen LogP contribution in [0.25, 0.3) is 0 Å². The first-order valence-corrected chi connectivity index (χ1v) is 5.39. The van der Waals surface area contributed by atoms with Gasteiger partial charge < -0.3 is 10.5 Å². The predicted molar refractivity (Wildman–Crippen MR) is 56.4 cm³/mol. The van der Waals surface area contributed by atoms with E-state index in [0.29, 0.717) is 18.8 Å². The maximum absolute atomic E-state index is 12.7. The first kappa shape index (κ1) is 12.2. The molecule has 0 spiro atoms. The number of hydrogen-bond acceptors (Lipinski definition) is 3. The number of hydrogen-bond donors (Lipinski definition) is 1. The first-order valence-electron chi connectivity index (χ1n) is 5.39. The summed E-state index contributed by atoms with van der Waals surface area (Å²) < 4.78 is 43.1. The monoisotopic (exact) mass is 246 g/mol. The lowest BCUT2D eigenvalue weighted by molar-refractivity contribution is -0.137. The van der Waals surface area contributed by atoms with Crippen LogP contribution in [-0.2, 0) is 10.9 Å². The average molecular weight is 246 g/mol. The fourth-order valence-corrected chi connectivity index (χ4v) is 1.97. The SMILES string of the molecule is Nc1ncc(C2CCOCC2)cc1C(F)(F)F. The molecule has 0 bridgehead atoms. The minimum atomic E-state index is -4.45. The Bertz CT molecular complexity index is 400. The van der Waals surface area contributed by atoms with Gasteiger partial charge in [-0.05, 0) is 30.4 Å². The number of pyridine rings is 1. The number of nitrogens with zero attached hydrogens (tertiary/aromatic N) is 1. The van der Waals surface area contributed by atoms with Gasteiger partial charge in [0.05, 0.1) is 5.56 Å². The van der Waals surface area contributed by atoms with Crippen LogP contribution in [0.5, 0.6) is 0 Å². The Balaban J connectivity index is 2.30. The summed E-state index contributed by atoms with van der Waals surface area (Å²) in [7, 11) is 0. The molecular formula is C11H13F3N2O. The maximum atomic E-state index is 12.7. The number of ether oxygens (including phenoxy) is 1. The molecule has 1 aliphatic heterocycles. The van der Waals surface area contributed by atoms with Gasteiger partial charge in [-0.25, -0.2) is 4.98 Å². The Morgan fingerprint density at radius 2 is 1.94 bits per heavy atom. The third kappa shape index (κ3) is 2.69. The molecular weight excluding hydrogens is 233 g/mol. The molecule has 1 aromatic rings. The molecule has 3 nitrogen and oxygen atoms in total. The second-order valence-electron chi connectivity index (χ2n) is 4.09. The van der Waals surface area contributed by atoms with E-state index in [1.54, 1.807) is 0 Å². The van der Waals surface area contributed by atoms with Crippen molar-refractivity contribution in [2.24, 2.45) is 0 Å². The first-order chi connectivity index (χ1) is 7.98. The molecule has 2 heterocycles. The van der Waals surface area contributed by atoms with Crippen molar-refractivity contribution in [1.82, 2.24) is 4.98 Å². The van der Waals surface area contributed by atoms with E-state index in [1.165, 1.54) is 6.20 Å². The summed E-state index contributed by atoms with van der Waals surface area (Å²) >= 11 is 0. The Hall–Kier alpha value is -1.30. The Morgan fingerprint density at radius 1 is 1.29 bits per heavy atom. The average Bonchev–Trinajstić information content (AvgIpc) is 2.29. The van der Waals surface area contributed by atoms with E-state index in [9.17, 15) is 13.2 Å². The Morgan fingerprint density at radius 3 is 2.53 bits per heavy atom. The van der Waals surface area contributed by atoms with Gasteiger partial charge in [-0.15, -0.1) is 0 Å². The van der Waals surface area contributed by atoms with Crippen LogP contribution in [-0.4, -0.2) is 18.2 Å². The van der Waals surface area contributed by atoms with Crippen LogP contribution >= 0.6 is 0 Å². The van der Waals surface area contributed by atoms with Gasteiger partial charge in [0.15, 0.2) is 0 Å². The molecule has 0 radical (unpaired) electrons. The largest absolute Gasteiger partial charge is 0.419 e. The van der Waals surface area contributed by atoms with E-state index in [4.69, 9.17) is 10.5 Å². The number of nitrogen functional groups attached to an aromatic ring is 1. The molecule has 1 aliphatic rings. The molecule has 0 unspecified atom stereocenters. The van der Waals surface area contributed by atoms with Gasteiger partial charge in [0, 0.05) is 19.4 Å². The van der Waals surface area contributed by atoms with E-state index in [-0.39, 0.29) is 5.92 Å². The van der Waals surface area contributed by atoms with E-state index in [0.717, 1.165) is 18.9 Å². The van der Waals surface area contributed by atoms with E-state index < -0.39 is 17.6 Å². The summed E-state index contributed by atoms with van der Waals surface area (Å²) in [6.45, 7) is 1.16. The molecule has 0 aromatic carbocycles. The van der Waals surface area contributed by atoms with Crippen molar-refractivity contribution in [3.05, 3.63) is 23.4 Å². The van der Waals surface area contributed by atoms with Crippen molar-refractivity contribution in [3.8, 4) is 0 Å². The number of halogens is 3. The van der Waals surface area contributed by atoms with Crippen molar-refractivity contribution >= 4 is 5.82 Å². The highest BCUT2D eigenvalue weighted by atomic mass is 19.4. The zero-order valence-corrected chi connectivity index (χ0v) is 9.13. The van der Waals surface area contributed by atoms with E-state index in [2.05, 4.69) is 4.98 Å². The molecule has 94 valence electrons. The molecule has 0 aliphatic carbocycles. The lowest BCUT2D eigenvalue weighted by atomic mass is 9.92. The van der Waals surface area contributed by atoms with Crippen LogP contribution < -0.4 is 5.73 Å². The molecule has 2 rings (SSSR count). The Labute approximate surface area is 96.8 Å². The second kappa shape index (κ2) is 4.52. The molecule has 2 N–H and O–H groups in total. The molecule has 0 amide bonds. The van der Waals surface area contributed by atoms with Gasteiger partial charge in [0.1, 0.15) is 5.82 Å². The summed E-state index contributed by atoms with van der Waals surface area (Å²) in [5.41, 5.74) is 5.00. The zero-order valence-electron chi connectivity index (χ0n) is 9.13. The second-order valence-corrected chi connectivity index (χ2v) is 4.09. The van der Waals surface area contributed by atoms with E-state index >= 15 is 0 Å². The normalized spacial score (nSPS) is 18.3. The molecule has 1 saturated heterocycles. The number of nitrogens with two attached hydrogens (primary N) is 1. The number of rotatable bonds is 1. The van der Waals surface area contributed by atoms with Gasteiger partial charge >= 0.3 is 6.18 Å². The molecule has 17 heavy (non-hydrogen) atoms. The summed E-state index contributed by atoms with van der Waals surface area (Å²) in [5, 5.41) is 0. The van der Waals surface area contributed by atoms with Crippen LogP contribution in [0.2, 0.25) is 0 Å². The summed E-state index contributed by atoms with van der Waals surface area (Å²) in [4.78, 5) is 3.64. The van der Waals surface area contributed by atoms with Crippen LogP contribution in [0.3, 0.4) is 0 Å². The van der Waals surface area contributed by atoms with Gasteiger partial charge in [-0.2, -0.15) is 13.2 Å². The molecule has 0 atom stereocenters. The van der Waals surface area contributed by atoms with Crippen LogP contribution in [0.15, 0.2) is 12.3 Å². The van der Waals surface area contributed by atoms with Crippen molar-refractivity contribution in [1.29, 1.82) is 0 Å². The topological polar surface area (TPSA) is 48.1 Å². The highest BCUT2D eigenvalue weighted by Crippen LogP contribution is 2.35. The molecule has 0 saturated carbocycles. The van der Waals surface area contributed by atoms with E-state index in [1.807, 2.05) is 0 Å². The zero-order chi connectivity index (χ0) is 12.5. The fourth-order valence-electron chi connectivity index (χ4n) is 1.97. The summed E-state index contributed by atoms with van der Waals surface area (Å²) in [5.74, 6) is -0.383. The van der Waals surface area contributed by atoms with Crippen molar-refractivity contribution in [3.63, 3.8) is 0 Å². The van der Waals surface area contributed by atoms with Crippen LogP contribution in [0.1, 0.15) is 29.9 Å². The summed E-state index contributed by atoms with van der Waals surface area (Å²) in [6.07, 6.45) is -1.56. The number of aromatic nitrogens is 1. The lowest BCUT2D eigenvalue weighted by Gasteiger charge is -2.23. The quantitative estimate of drug-likeness (QED) is 0.828. The minimum Gasteiger partial charge on any atom is -0.383 e. The number of anilines is 1. The van der Waals surface area contributed by atoms with Crippen molar-refractivity contribution < 1.29 is 17.9 Å². The molecule has 1 fully saturated rings. The highest BCUT2D eigenvalue weighted by Gasteiger charge is 2.34. The third-order valence-corrected chi connectivity index (χ3v) is 2.94. The van der Waals surface area contributed by atoms with Crippen LogP contribution in [0.4, 0.5) is 19.0 Å². The van der Waals surface area contributed by atoms with Crippen LogP contribution in [0, 0.1) is 0 Å². The number of alkyl halides is 3. The predicted octanol–water partition coefficient (Wildman–Crippen LogP) is 2.58. The molecule has 1 aromatic heterocycles. The van der Waals surface area contributed by atoms with Gasteiger partial charge in [0.2, 0.25) is 0 Å². The molecule has 6 heteroatoms. The third-order valence-electron chi connectivity index (χ3n) is 2.94. The van der Waals surface area contributed by atoms with Gasteiger partial charge in [-0.1, -0.05) is 0 Å². The smallest absolute Gasteiger partial charge is 0.383 e. The highest BCUT2D eigenvalue weighted by molar-refractivity contribution is 5.43. The van der Waals surface area contributed by atoms with Gasteiger partial charge in [-0.3, -0.25) is 0 Å². The van der Waals surface area contributed by atoms with Gasteiger partial charge in [0.25, 0.3) is 0 Å². The summed E-state index contributed by atoms with van der Waals surface area (Å²) in [6, 6.07) is 1.11. The standard InChI is InChI=1S/C11H13F3N2O/c12-11(13,14)9-5-8(6-16-10(9)15)7-1-3-17-4-2-7/h5-7H,1-4H2,(H2,15,16). The van der Waals surface area contributed by atoms with Crippen molar-refractivity contribution in [2.45, 2.75) is 24.9 Å². The lowest BCUT2D eigenvalue weighted by Crippen LogP contribution is -2.16.